The summed E-state index contributed by atoms with van der Waals surface area (Å²) in [6.07, 6.45) is 0. The molecule has 1 aromatic heterocycles. The number of anilines is 1. The van der Waals surface area contributed by atoms with Crippen LogP contribution >= 0.6 is 0 Å². The molecule has 1 fully saturated rings. The summed E-state index contributed by atoms with van der Waals surface area (Å²) in [6, 6.07) is 23.1. The van der Waals surface area contributed by atoms with Crippen molar-refractivity contribution in [2.75, 3.05) is 38.2 Å². The highest BCUT2D eigenvalue weighted by molar-refractivity contribution is 5.51. The Kier molecular flexibility index (Phi) is 7.09. The highest BCUT2D eigenvalue weighted by Gasteiger charge is 2.31. The van der Waals surface area contributed by atoms with Crippen LogP contribution in [-0.4, -0.2) is 63.3 Å². The van der Waals surface area contributed by atoms with Gasteiger partial charge in [0.2, 0.25) is 0 Å². The van der Waals surface area contributed by atoms with Gasteiger partial charge in [0.25, 0.3) is 5.69 Å². The lowest BCUT2D eigenvalue weighted by atomic mass is 10.0. The number of methoxy groups -OCH3 is 1. The van der Waals surface area contributed by atoms with Gasteiger partial charge in [-0.05, 0) is 52.7 Å². The number of benzene rings is 3. The molecule has 0 N–H and O–H groups in total. The van der Waals surface area contributed by atoms with Crippen LogP contribution in [-0.2, 0) is 6.54 Å². The monoisotopic (exact) mass is 499 g/mol. The number of piperazine rings is 1. The fourth-order valence-corrected chi connectivity index (χ4v) is 4.72. The number of non-ortho nitro benzene ring substituents is 1. The number of hydrogen-bond donors (Lipinski definition) is 0. The van der Waals surface area contributed by atoms with Gasteiger partial charge in [0.15, 0.2) is 5.82 Å². The summed E-state index contributed by atoms with van der Waals surface area (Å²) in [7, 11) is 1.65. The van der Waals surface area contributed by atoms with E-state index in [4.69, 9.17) is 4.74 Å². The minimum Gasteiger partial charge on any atom is -0.497 e. The Labute approximate surface area is 215 Å². The average Bonchev–Trinajstić information content (AvgIpc) is 3.38. The summed E-state index contributed by atoms with van der Waals surface area (Å²) >= 11 is 0. The molecule has 1 aliphatic heterocycles. The van der Waals surface area contributed by atoms with Gasteiger partial charge in [-0.25, -0.2) is 4.68 Å². The van der Waals surface area contributed by atoms with Crippen LogP contribution in [0.3, 0.4) is 0 Å². The molecule has 10 heteroatoms. The van der Waals surface area contributed by atoms with Crippen LogP contribution in [0.4, 0.5) is 11.4 Å². The quantitative estimate of drug-likeness (QED) is 0.266. The first-order valence-electron chi connectivity index (χ1n) is 12.2. The first-order chi connectivity index (χ1) is 18.0. The molecule has 0 unspecified atom stereocenters. The second-order valence-electron chi connectivity index (χ2n) is 9.15. The Balaban J connectivity index is 1.38. The van der Waals surface area contributed by atoms with Crippen LogP contribution in [0.2, 0.25) is 0 Å². The number of aromatic nitrogens is 4. The number of nitro groups is 1. The smallest absolute Gasteiger partial charge is 0.269 e. The van der Waals surface area contributed by atoms with Crippen LogP contribution in [0.1, 0.15) is 28.6 Å². The molecule has 10 nitrogen and oxygen atoms in total. The molecule has 190 valence electrons. The highest BCUT2D eigenvalue weighted by Crippen LogP contribution is 2.30. The minimum absolute atomic E-state index is 0.102. The number of nitrogens with zero attached hydrogens (tertiary/aromatic N) is 7. The maximum atomic E-state index is 11.0. The van der Waals surface area contributed by atoms with Crippen molar-refractivity contribution < 1.29 is 9.66 Å². The third kappa shape index (κ3) is 5.44. The van der Waals surface area contributed by atoms with Gasteiger partial charge in [-0.2, -0.15) is 0 Å². The lowest BCUT2D eigenvalue weighted by Crippen LogP contribution is -2.48. The van der Waals surface area contributed by atoms with E-state index in [9.17, 15) is 10.1 Å². The first kappa shape index (κ1) is 24.4. The average molecular weight is 500 g/mol. The second kappa shape index (κ2) is 10.8. The van der Waals surface area contributed by atoms with Crippen molar-refractivity contribution in [2.24, 2.45) is 0 Å². The lowest BCUT2D eigenvalue weighted by Gasteiger charge is -2.40. The van der Waals surface area contributed by atoms with Crippen LogP contribution in [0.15, 0.2) is 72.8 Å². The van der Waals surface area contributed by atoms with Gasteiger partial charge in [-0.15, -0.1) is 5.10 Å². The second-order valence-corrected chi connectivity index (χ2v) is 9.15. The number of nitro benzene ring substituents is 1. The van der Waals surface area contributed by atoms with Gasteiger partial charge < -0.3 is 9.64 Å². The summed E-state index contributed by atoms with van der Waals surface area (Å²) in [6.45, 7) is 5.81. The predicted octanol–water partition coefficient (Wildman–Crippen LogP) is 3.86. The van der Waals surface area contributed by atoms with E-state index in [1.165, 1.54) is 5.56 Å². The van der Waals surface area contributed by atoms with Crippen LogP contribution in [0, 0.1) is 17.0 Å². The zero-order valence-electron chi connectivity index (χ0n) is 20.9. The van der Waals surface area contributed by atoms with Gasteiger partial charge in [-0.3, -0.25) is 15.0 Å². The molecule has 0 amide bonds. The van der Waals surface area contributed by atoms with Gasteiger partial charge in [0.1, 0.15) is 5.75 Å². The summed E-state index contributed by atoms with van der Waals surface area (Å²) in [5, 5.41) is 23.9. The molecule has 3 aromatic carbocycles. The molecule has 0 spiro atoms. The molecule has 2 heterocycles. The molecule has 1 atom stereocenters. The van der Waals surface area contributed by atoms with Crippen molar-refractivity contribution in [1.82, 2.24) is 25.1 Å². The SMILES string of the molecule is COc1ccc(Cn2nnnc2[C@@H](c2ccc(C)cc2)N2CCN(c3ccc([N+](=O)[O-])cc3)CC2)cc1. The number of aryl methyl sites for hydroxylation is 1. The third-order valence-electron chi connectivity index (χ3n) is 6.79. The number of rotatable bonds is 8. The molecule has 0 radical (unpaired) electrons. The van der Waals surface area contributed by atoms with E-state index in [2.05, 4.69) is 56.5 Å². The summed E-state index contributed by atoms with van der Waals surface area (Å²) in [4.78, 5) is 15.3. The number of hydrogen-bond acceptors (Lipinski definition) is 8. The zero-order valence-corrected chi connectivity index (χ0v) is 20.9. The van der Waals surface area contributed by atoms with E-state index in [-0.39, 0.29) is 16.7 Å². The molecule has 0 saturated carbocycles. The van der Waals surface area contributed by atoms with Crippen molar-refractivity contribution >= 4 is 11.4 Å². The molecule has 0 aliphatic carbocycles. The first-order valence-corrected chi connectivity index (χ1v) is 12.2. The largest absolute Gasteiger partial charge is 0.497 e. The summed E-state index contributed by atoms with van der Waals surface area (Å²) < 4.78 is 7.15. The number of tetrazole rings is 1. The summed E-state index contributed by atoms with van der Waals surface area (Å²) in [5.74, 6) is 1.60. The fourth-order valence-electron chi connectivity index (χ4n) is 4.72. The Bertz CT molecular complexity index is 1330. The van der Waals surface area contributed by atoms with Crippen LogP contribution < -0.4 is 9.64 Å². The molecular formula is C27H29N7O3. The van der Waals surface area contributed by atoms with Crippen molar-refractivity contribution in [1.29, 1.82) is 0 Å². The molecular weight excluding hydrogens is 470 g/mol. The lowest BCUT2D eigenvalue weighted by molar-refractivity contribution is -0.384. The molecule has 1 saturated heterocycles. The molecule has 0 bridgehead atoms. The van der Waals surface area contributed by atoms with Crippen molar-refractivity contribution in [2.45, 2.75) is 19.5 Å². The molecule has 1 aliphatic rings. The van der Waals surface area contributed by atoms with Crippen LogP contribution in [0.5, 0.6) is 5.75 Å². The Hall–Kier alpha value is -4.31. The Morgan fingerprint density at radius 3 is 2.24 bits per heavy atom. The van der Waals surface area contributed by atoms with E-state index >= 15 is 0 Å². The van der Waals surface area contributed by atoms with E-state index in [0.29, 0.717) is 6.54 Å². The van der Waals surface area contributed by atoms with Crippen LogP contribution in [0.25, 0.3) is 0 Å². The van der Waals surface area contributed by atoms with Gasteiger partial charge in [0.05, 0.1) is 24.6 Å². The van der Waals surface area contributed by atoms with Crippen molar-refractivity contribution in [3.05, 3.63) is 105 Å². The predicted molar refractivity (Wildman–Crippen MR) is 140 cm³/mol. The minimum atomic E-state index is -0.371. The Morgan fingerprint density at radius 1 is 0.946 bits per heavy atom. The van der Waals surface area contributed by atoms with E-state index in [1.54, 1.807) is 19.2 Å². The van der Waals surface area contributed by atoms with E-state index < -0.39 is 0 Å². The van der Waals surface area contributed by atoms with Gasteiger partial charge in [-0.1, -0.05) is 42.0 Å². The number of ether oxygens (including phenoxy) is 1. The topological polar surface area (TPSA) is 102 Å². The van der Waals surface area contributed by atoms with E-state index in [1.807, 2.05) is 41.1 Å². The standard InChI is InChI=1S/C27H29N7O3/c1-20-3-7-22(8-4-20)26(27-28-29-30-33(27)19-21-5-13-25(37-2)14-6-21)32-17-15-31(16-18-32)23-9-11-24(12-10-23)34(35)36/h3-14,26H,15-19H2,1-2H3/t26-/m1/s1. The normalized spacial score (nSPS) is 14.9. The van der Waals surface area contributed by atoms with E-state index in [0.717, 1.165) is 54.6 Å². The highest BCUT2D eigenvalue weighted by atomic mass is 16.6. The third-order valence-corrected chi connectivity index (χ3v) is 6.79. The van der Waals surface area contributed by atoms with Crippen molar-refractivity contribution in [3.63, 3.8) is 0 Å². The molecule has 5 rings (SSSR count). The zero-order chi connectivity index (χ0) is 25.8. The maximum Gasteiger partial charge on any atom is 0.269 e. The molecule has 4 aromatic rings. The van der Waals surface area contributed by atoms with Gasteiger partial charge >= 0.3 is 0 Å². The fraction of sp³-hybridized carbons (Fsp3) is 0.296. The summed E-state index contributed by atoms with van der Waals surface area (Å²) in [5.41, 5.74) is 4.51. The van der Waals surface area contributed by atoms with Crippen molar-refractivity contribution in [3.8, 4) is 5.75 Å². The maximum absolute atomic E-state index is 11.0. The molecule has 37 heavy (non-hydrogen) atoms. The Morgan fingerprint density at radius 2 is 1.62 bits per heavy atom. The van der Waals surface area contributed by atoms with Gasteiger partial charge in [0, 0.05) is 44.0 Å².